The molecule has 0 unspecified atom stereocenters. The van der Waals surface area contributed by atoms with E-state index in [0.29, 0.717) is 16.4 Å². The fraction of sp³-hybridized carbons (Fsp3) is 0. The molecule has 0 aliphatic carbocycles. The van der Waals surface area contributed by atoms with Crippen molar-refractivity contribution in [2.75, 3.05) is 5.32 Å². The standard InChI is InChI=1S/C12H8N4OS2/c17-11(15-8-1-4-18-6-8)10-7-19-12(16-10)9-5-13-2-3-14-9/h1-7H,(H,15,17). The van der Waals surface area contributed by atoms with Crippen LogP contribution >= 0.6 is 22.7 Å². The molecule has 0 aromatic carbocycles. The molecule has 3 aromatic rings. The van der Waals surface area contributed by atoms with Crippen LogP contribution in [0.1, 0.15) is 10.5 Å². The molecule has 0 atom stereocenters. The molecule has 3 rings (SSSR count). The quantitative estimate of drug-likeness (QED) is 0.804. The number of anilines is 1. The minimum atomic E-state index is -0.218. The molecule has 0 saturated carbocycles. The molecule has 7 heteroatoms. The van der Waals surface area contributed by atoms with Crippen molar-refractivity contribution in [1.82, 2.24) is 15.0 Å². The topological polar surface area (TPSA) is 67.8 Å². The van der Waals surface area contributed by atoms with Gasteiger partial charge in [0.2, 0.25) is 0 Å². The van der Waals surface area contributed by atoms with Gasteiger partial charge in [0.05, 0.1) is 11.9 Å². The van der Waals surface area contributed by atoms with Crippen molar-refractivity contribution >= 4 is 34.3 Å². The molecule has 94 valence electrons. The number of nitrogens with one attached hydrogen (secondary N) is 1. The average Bonchev–Trinajstić information content (AvgIpc) is 3.10. The minimum absolute atomic E-state index is 0.218. The molecule has 0 fully saturated rings. The Morgan fingerprint density at radius 1 is 1.26 bits per heavy atom. The Bertz CT molecular complexity index is 679. The molecule has 1 amide bonds. The van der Waals surface area contributed by atoms with E-state index in [1.807, 2.05) is 16.8 Å². The summed E-state index contributed by atoms with van der Waals surface area (Å²) in [5, 5.41) is 8.95. The van der Waals surface area contributed by atoms with Crippen LogP contribution in [0, 0.1) is 0 Å². The number of thiophene rings is 1. The number of hydrogen-bond acceptors (Lipinski definition) is 6. The van der Waals surface area contributed by atoms with Gasteiger partial charge in [0.1, 0.15) is 16.4 Å². The van der Waals surface area contributed by atoms with Crippen molar-refractivity contribution in [3.05, 3.63) is 46.5 Å². The van der Waals surface area contributed by atoms with E-state index in [1.165, 1.54) is 22.7 Å². The molecule has 3 aromatic heterocycles. The Labute approximate surface area is 117 Å². The van der Waals surface area contributed by atoms with Crippen molar-refractivity contribution in [3.8, 4) is 10.7 Å². The third kappa shape index (κ3) is 2.67. The zero-order valence-corrected chi connectivity index (χ0v) is 11.2. The van der Waals surface area contributed by atoms with Gasteiger partial charge >= 0.3 is 0 Å². The molecule has 0 bridgehead atoms. The van der Waals surface area contributed by atoms with Crippen LogP contribution in [0.4, 0.5) is 5.69 Å². The Morgan fingerprint density at radius 2 is 2.21 bits per heavy atom. The first kappa shape index (κ1) is 11.9. The predicted octanol–water partition coefficient (Wildman–Crippen LogP) is 2.91. The third-order valence-corrected chi connectivity index (χ3v) is 3.85. The number of hydrogen-bond donors (Lipinski definition) is 1. The van der Waals surface area contributed by atoms with Gasteiger partial charge < -0.3 is 5.32 Å². The van der Waals surface area contributed by atoms with Crippen LogP contribution in [0.25, 0.3) is 10.7 Å². The summed E-state index contributed by atoms with van der Waals surface area (Å²) in [5.41, 5.74) is 1.84. The minimum Gasteiger partial charge on any atom is -0.320 e. The van der Waals surface area contributed by atoms with Gasteiger partial charge in [-0.05, 0) is 11.4 Å². The van der Waals surface area contributed by atoms with Gasteiger partial charge in [0.15, 0.2) is 0 Å². The molecular weight excluding hydrogens is 280 g/mol. The lowest BCUT2D eigenvalue weighted by atomic mass is 10.4. The molecule has 0 saturated heterocycles. The van der Waals surface area contributed by atoms with E-state index in [1.54, 1.807) is 24.0 Å². The number of aromatic nitrogens is 3. The van der Waals surface area contributed by atoms with E-state index >= 15 is 0 Å². The average molecular weight is 288 g/mol. The highest BCUT2D eigenvalue weighted by Crippen LogP contribution is 2.21. The highest BCUT2D eigenvalue weighted by molar-refractivity contribution is 7.13. The van der Waals surface area contributed by atoms with E-state index in [9.17, 15) is 4.79 Å². The van der Waals surface area contributed by atoms with Crippen molar-refractivity contribution < 1.29 is 4.79 Å². The van der Waals surface area contributed by atoms with Crippen LogP contribution in [-0.2, 0) is 0 Å². The summed E-state index contributed by atoms with van der Waals surface area (Å²) in [4.78, 5) is 24.4. The monoisotopic (exact) mass is 288 g/mol. The Kier molecular flexibility index (Phi) is 3.30. The number of amides is 1. The van der Waals surface area contributed by atoms with Crippen LogP contribution < -0.4 is 5.32 Å². The highest BCUT2D eigenvalue weighted by atomic mass is 32.1. The summed E-state index contributed by atoms with van der Waals surface area (Å²) in [6, 6.07) is 1.85. The summed E-state index contributed by atoms with van der Waals surface area (Å²) < 4.78 is 0. The van der Waals surface area contributed by atoms with Crippen molar-refractivity contribution in [1.29, 1.82) is 0 Å². The van der Waals surface area contributed by atoms with Crippen molar-refractivity contribution in [2.24, 2.45) is 0 Å². The molecule has 0 aliphatic heterocycles. The van der Waals surface area contributed by atoms with Gasteiger partial charge in [-0.3, -0.25) is 14.8 Å². The Hall–Kier alpha value is -2.12. The summed E-state index contributed by atoms with van der Waals surface area (Å²) in [7, 11) is 0. The van der Waals surface area contributed by atoms with Gasteiger partial charge in [0, 0.05) is 23.2 Å². The van der Waals surface area contributed by atoms with Crippen LogP contribution in [0.2, 0.25) is 0 Å². The van der Waals surface area contributed by atoms with E-state index in [0.717, 1.165) is 5.69 Å². The lowest BCUT2D eigenvalue weighted by Crippen LogP contribution is -2.11. The lowest BCUT2D eigenvalue weighted by Gasteiger charge is -1.98. The molecule has 5 nitrogen and oxygen atoms in total. The van der Waals surface area contributed by atoms with Gasteiger partial charge in [-0.15, -0.1) is 11.3 Å². The molecule has 3 heterocycles. The molecule has 0 aliphatic rings. The molecular formula is C12H8N4OS2. The van der Waals surface area contributed by atoms with E-state index in [4.69, 9.17) is 0 Å². The zero-order chi connectivity index (χ0) is 13.1. The SMILES string of the molecule is O=C(Nc1ccsc1)c1csc(-c2cnccn2)n1. The predicted molar refractivity (Wildman–Crippen MR) is 75.4 cm³/mol. The summed E-state index contributed by atoms with van der Waals surface area (Å²) in [6.07, 6.45) is 4.82. The van der Waals surface area contributed by atoms with Crippen LogP contribution in [0.3, 0.4) is 0 Å². The van der Waals surface area contributed by atoms with Gasteiger partial charge in [0.25, 0.3) is 5.91 Å². The molecule has 19 heavy (non-hydrogen) atoms. The maximum absolute atomic E-state index is 12.0. The van der Waals surface area contributed by atoms with Crippen molar-refractivity contribution in [2.45, 2.75) is 0 Å². The Balaban J connectivity index is 1.80. The highest BCUT2D eigenvalue weighted by Gasteiger charge is 2.12. The first-order valence-corrected chi connectivity index (χ1v) is 7.20. The first-order chi connectivity index (χ1) is 9.33. The summed E-state index contributed by atoms with van der Waals surface area (Å²) in [5.74, 6) is -0.218. The normalized spacial score (nSPS) is 10.3. The van der Waals surface area contributed by atoms with Crippen LogP contribution in [-0.4, -0.2) is 20.9 Å². The summed E-state index contributed by atoms with van der Waals surface area (Å²) >= 11 is 2.90. The molecule has 0 spiro atoms. The van der Waals surface area contributed by atoms with Gasteiger partial charge in [-0.1, -0.05) is 0 Å². The second-order valence-electron chi connectivity index (χ2n) is 3.59. The second-order valence-corrected chi connectivity index (χ2v) is 5.23. The fourth-order valence-corrected chi connectivity index (χ4v) is 2.78. The largest absolute Gasteiger partial charge is 0.320 e. The Morgan fingerprint density at radius 3 is 2.95 bits per heavy atom. The molecule has 1 N–H and O–H groups in total. The maximum atomic E-state index is 12.0. The first-order valence-electron chi connectivity index (χ1n) is 5.38. The number of rotatable bonds is 3. The van der Waals surface area contributed by atoms with E-state index in [-0.39, 0.29) is 5.91 Å². The number of thiazole rings is 1. The third-order valence-electron chi connectivity index (χ3n) is 2.30. The number of carbonyl (C=O) groups is 1. The smallest absolute Gasteiger partial charge is 0.275 e. The van der Waals surface area contributed by atoms with Gasteiger partial charge in [-0.25, -0.2) is 4.98 Å². The lowest BCUT2D eigenvalue weighted by molar-refractivity contribution is 0.102. The van der Waals surface area contributed by atoms with Gasteiger partial charge in [-0.2, -0.15) is 11.3 Å². The molecule has 0 radical (unpaired) electrons. The second kappa shape index (κ2) is 5.25. The number of carbonyl (C=O) groups excluding carboxylic acids is 1. The van der Waals surface area contributed by atoms with Crippen LogP contribution in [0.15, 0.2) is 40.8 Å². The maximum Gasteiger partial charge on any atom is 0.275 e. The number of nitrogens with zero attached hydrogens (tertiary/aromatic N) is 3. The van der Waals surface area contributed by atoms with Crippen LogP contribution in [0.5, 0.6) is 0 Å². The summed E-state index contributed by atoms with van der Waals surface area (Å²) in [6.45, 7) is 0. The zero-order valence-electron chi connectivity index (χ0n) is 9.61. The van der Waals surface area contributed by atoms with E-state index < -0.39 is 0 Å². The van der Waals surface area contributed by atoms with E-state index in [2.05, 4.69) is 20.3 Å². The fourth-order valence-electron chi connectivity index (χ4n) is 1.44. The van der Waals surface area contributed by atoms with Crippen molar-refractivity contribution in [3.63, 3.8) is 0 Å².